The molecule has 0 saturated carbocycles. The first-order valence-electron chi connectivity index (χ1n) is 10.7. The van der Waals surface area contributed by atoms with Gasteiger partial charge in [-0.2, -0.15) is 0 Å². The number of carbonyl (C=O) groups is 1. The second kappa shape index (κ2) is 11.2. The molecule has 0 spiro atoms. The van der Waals surface area contributed by atoms with Gasteiger partial charge in [-0.05, 0) is 51.0 Å². The summed E-state index contributed by atoms with van der Waals surface area (Å²) in [6.45, 7) is 13.8. The van der Waals surface area contributed by atoms with E-state index in [2.05, 4.69) is 18.7 Å². The predicted octanol–water partition coefficient (Wildman–Crippen LogP) is 2.80. The molecule has 0 bridgehead atoms. The number of carbonyl (C=O) groups excluding carboxylic acids is 1. The normalized spacial score (nSPS) is 19.1. The number of amides is 1. The van der Waals surface area contributed by atoms with Crippen molar-refractivity contribution in [3.8, 4) is 0 Å². The molecule has 0 aliphatic carbocycles. The van der Waals surface area contributed by atoms with E-state index in [9.17, 15) is 14.3 Å². The first-order chi connectivity index (χ1) is 14.0. The molecule has 0 aromatic heterocycles. The number of hydrogen-bond acceptors (Lipinski definition) is 5. The first kappa shape index (κ1) is 24.7. The summed E-state index contributed by atoms with van der Waals surface area (Å²) in [7, 11) is 0. The van der Waals surface area contributed by atoms with E-state index >= 15 is 0 Å². The van der Waals surface area contributed by atoms with Crippen molar-refractivity contribution < 1.29 is 23.8 Å². The van der Waals surface area contributed by atoms with Crippen LogP contribution in [-0.2, 0) is 9.47 Å². The van der Waals surface area contributed by atoms with E-state index in [0.29, 0.717) is 44.3 Å². The van der Waals surface area contributed by atoms with Gasteiger partial charge in [0.15, 0.2) is 0 Å². The van der Waals surface area contributed by atoms with Crippen LogP contribution in [0.2, 0.25) is 0 Å². The Bertz CT molecular complexity index is 660. The summed E-state index contributed by atoms with van der Waals surface area (Å²) in [5.41, 5.74) is 0.187. The Morgan fingerprint density at radius 3 is 2.60 bits per heavy atom. The molecule has 1 aliphatic rings. The molecule has 1 aromatic carbocycles. The van der Waals surface area contributed by atoms with Gasteiger partial charge in [0.1, 0.15) is 5.82 Å². The summed E-state index contributed by atoms with van der Waals surface area (Å²) in [4.78, 5) is 16.9. The van der Waals surface area contributed by atoms with Gasteiger partial charge >= 0.3 is 0 Å². The van der Waals surface area contributed by atoms with Crippen molar-refractivity contribution >= 4 is 5.91 Å². The highest BCUT2D eigenvalue weighted by molar-refractivity contribution is 5.94. The highest BCUT2D eigenvalue weighted by Crippen LogP contribution is 2.14. The SMILES string of the molecule is CC(C)CN(C[C@H]1CN(C[C@@H](O)COC(C)(C)C)CCO1)C(=O)c1ccc(F)cc1. The number of morpholine rings is 1. The Hall–Kier alpha value is -1.54. The highest BCUT2D eigenvalue weighted by Gasteiger charge is 2.27. The van der Waals surface area contributed by atoms with E-state index in [1.165, 1.54) is 24.3 Å². The molecule has 1 aliphatic heterocycles. The second-order valence-electron chi connectivity index (χ2n) is 9.44. The molecule has 1 fully saturated rings. The maximum Gasteiger partial charge on any atom is 0.253 e. The van der Waals surface area contributed by atoms with Gasteiger partial charge in [-0.15, -0.1) is 0 Å². The van der Waals surface area contributed by atoms with E-state index in [1.807, 2.05) is 20.8 Å². The van der Waals surface area contributed by atoms with E-state index in [4.69, 9.17) is 9.47 Å². The van der Waals surface area contributed by atoms with Gasteiger partial charge in [-0.25, -0.2) is 4.39 Å². The van der Waals surface area contributed by atoms with E-state index in [0.717, 1.165) is 6.54 Å². The summed E-state index contributed by atoms with van der Waals surface area (Å²) >= 11 is 0. The molecule has 2 rings (SSSR count). The van der Waals surface area contributed by atoms with Crippen molar-refractivity contribution in [3.63, 3.8) is 0 Å². The van der Waals surface area contributed by atoms with Crippen LogP contribution in [0.3, 0.4) is 0 Å². The topological polar surface area (TPSA) is 62.2 Å². The third-order valence-corrected chi connectivity index (χ3v) is 4.79. The number of β-amino-alcohol motifs (C(OH)–C–C–N with tert-alkyl or cyclic N) is 1. The minimum absolute atomic E-state index is 0.122. The number of ether oxygens (including phenoxy) is 2. The van der Waals surface area contributed by atoms with Gasteiger partial charge in [0.05, 0.1) is 31.0 Å². The van der Waals surface area contributed by atoms with Crippen molar-refractivity contribution in [2.24, 2.45) is 5.92 Å². The van der Waals surface area contributed by atoms with E-state index in [1.54, 1.807) is 4.90 Å². The van der Waals surface area contributed by atoms with Crippen LogP contribution in [0, 0.1) is 11.7 Å². The lowest BCUT2D eigenvalue weighted by atomic mass is 10.1. The molecule has 1 amide bonds. The van der Waals surface area contributed by atoms with Crippen molar-refractivity contribution in [1.82, 2.24) is 9.80 Å². The maximum atomic E-state index is 13.2. The standard InChI is InChI=1S/C23H37FN2O4/c1-17(2)12-26(22(28)18-6-8-19(24)9-7-18)15-21-14-25(10-11-29-21)13-20(27)16-30-23(3,4)5/h6-9,17,20-21,27H,10-16H2,1-5H3/t20-,21-/m1/s1. The summed E-state index contributed by atoms with van der Waals surface area (Å²) < 4.78 is 24.8. The lowest BCUT2D eigenvalue weighted by Gasteiger charge is -2.37. The fourth-order valence-corrected chi connectivity index (χ4v) is 3.46. The number of aliphatic hydroxyl groups is 1. The van der Waals surface area contributed by atoms with Crippen LogP contribution in [-0.4, -0.2) is 84.6 Å². The fourth-order valence-electron chi connectivity index (χ4n) is 3.46. The quantitative estimate of drug-likeness (QED) is 0.661. The average Bonchev–Trinajstić information content (AvgIpc) is 2.65. The van der Waals surface area contributed by atoms with Crippen LogP contribution in [0.25, 0.3) is 0 Å². The number of halogens is 1. The smallest absolute Gasteiger partial charge is 0.253 e. The Morgan fingerprint density at radius 2 is 2.00 bits per heavy atom. The largest absolute Gasteiger partial charge is 0.389 e. The predicted molar refractivity (Wildman–Crippen MR) is 115 cm³/mol. The van der Waals surface area contributed by atoms with E-state index in [-0.39, 0.29) is 30.0 Å². The Labute approximate surface area is 179 Å². The number of aliphatic hydroxyl groups excluding tert-OH is 1. The zero-order valence-corrected chi connectivity index (χ0v) is 18.9. The zero-order valence-electron chi connectivity index (χ0n) is 18.9. The molecule has 0 unspecified atom stereocenters. The molecular weight excluding hydrogens is 387 g/mol. The molecule has 1 aromatic rings. The third kappa shape index (κ3) is 8.68. The molecule has 6 nitrogen and oxygen atoms in total. The van der Waals surface area contributed by atoms with Crippen LogP contribution >= 0.6 is 0 Å². The number of nitrogens with zero attached hydrogens (tertiary/aromatic N) is 2. The molecule has 170 valence electrons. The van der Waals surface area contributed by atoms with Gasteiger partial charge in [0.25, 0.3) is 5.91 Å². The summed E-state index contributed by atoms with van der Waals surface area (Å²) in [6, 6.07) is 5.65. The van der Waals surface area contributed by atoms with Crippen molar-refractivity contribution in [3.05, 3.63) is 35.6 Å². The minimum atomic E-state index is -0.574. The minimum Gasteiger partial charge on any atom is -0.389 e. The summed E-state index contributed by atoms with van der Waals surface area (Å²) in [6.07, 6.45) is -0.715. The van der Waals surface area contributed by atoms with Crippen molar-refractivity contribution in [2.45, 2.75) is 52.4 Å². The van der Waals surface area contributed by atoms with Gasteiger partial charge in [0.2, 0.25) is 0 Å². The Balaban J connectivity index is 1.94. The third-order valence-electron chi connectivity index (χ3n) is 4.79. The Morgan fingerprint density at radius 1 is 1.33 bits per heavy atom. The van der Waals surface area contributed by atoms with Crippen LogP contribution in [0.1, 0.15) is 45.0 Å². The lowest BCUT2D eigenvalue weighted by Crippen LogP contribution is -2.51. The van der Waals surface area contributed by atoms with Crippen molar-refractivity contribution in [1.29, 1.82) is 0 Å². The Kier molecular flexibility index (Phi) is 9.22. The van der Waals surface area contributed by atoms with Crippen LogP contribution < -0.4 is 0 Å². The molecule has 30 heavy (non-hydrogen) atoms. The number of benzene rings is 1. The average molecular weight is 425 g/mol. The zero-order chi connectivity index (χ0) is 22.3. The monoisotopic (exact) mass is 424 g/mol. The lowest BCUT2D eigenvalue weighted by molar-refractivity contribution is -0.0783. The summed E-state index contributed by atoms with van der Waals surface area (Å²) in [5.74, 6) is -0.185. The molecule has 0 radical (unpaired) electrons. The van der Waals surface area contributed by atoms with Crippen LogP contribution in [0.5, 0.6) is 0 Å². The van der Waals surface area contributed by atoms with Gasteiger partial charge in [-0.3, -0.25) is 9.69 Å². The van der Waals surface area contributed by atoms with Gasteiger partial charge < -0.3 is 19.5 Å². The molecule has 2 atom stereocenters. The molecule has 1 heterocycles. The summed E-state index contributed by atoms with van der Waals surface area (Å²) in [5, 5.41) is 10.3. The van der Waals surface area contributed by atoms with Crippen molar-refractivity contribution in [2.75, 3.05) is 45.9 Å². The highest BCUT2D eigenvalue weighted by atomic mass is 19.1. The number of rotatable bonds is 9. The molecule has 1 saturated heterocycles. The number of hydrogen-bond donors (Lipinski definition) is 1. The first-order valence-corrected chi connectivity index (χ1v) is 10.7. The second-order valence-corrected chi connectivity index (χ2v) is 9.44. The van der Waals surface area contributed by atoms with Crippen LogP contribution in [0.15, 0.2) is 24.3 Å². The van der Waals surface area contributed by atoms with E-state index < -0.39 is 6.10 Å². The molecule has 7 heteroatoms. The van der Waals surface area contributed by atoms with Gasteiger partial charge in [0, 0.05) is 38.3 Å². The molecule has 1 N–H and O–H groups in total. The fraction of sp³-hybridized carbons (Fsp3) is 0.696. The maximum absolute atomic E-state index is 13.2. The van der Waals surface area contributed by atoms with Gasteiger partial charge in [-0.1, -0.05) is 13.8 Å². The molecular formula is C23H37FN2O4. The van der Waals surface area contributed by atoms with Crippen LogP contribution in [0.4, 0.5) is 4.39 Å².